The quantitative estimate of drug-likeness (QED) is 0.726. The molecule has 3 aromatic rings. The second kappa shape index (κ2) is 5.48. The molecule has 0 radical (unpaired) electrons. The molecular formula is C16H16N4O2. The number of fused-ring (bicyclic) bond motifs is 1. The van der Waals surface area contributed by atoms with Gasteiger partial charge in [-0.1, -0.05) is 0 Å². The van der Waals surface area contributed by atoms with Crippen molar-refractivity contribution in [2.24, 2.45) is 0 Å². The van der Waals surface area contributed by atoms with Crippen LogP contribution in [0.25, 0.3) is 11.0 Å². The molecule has 1 aromatic carbocycles. The third-order valence-corrected chi connectivity index (χ3v) is 3.31. The first-order chi connectivity index (χ1) is 10.5. The van der Waals surface area contributed by atoms with Gasteiger partial charge in [0, 0.05) is 29.4 Å². The van der Waals surface area contributed by atoms with Gasteiger partial charge in [0.25, 0.3) is 5.56 Å². The Bertz CT molecular complexity index is 869. The second-order valence-electron chi connectivity index (χ2n) is 5.28. The molecule has 0 aliphatic rings. The summed E-state index contributed by atoms with van der Waals surface area (Å²) in [5.74, 6) is 0.594. The van der Waals surface area contributed by atoms with Gasteiger partial charge in [0.2, 0.25) is 5.95 Å². The van der Waals surface area contributed by atoms with Gasteiger partial charge in [0.15, 0.2) is 0 Å². The molecule has 112 valence electrons. The smallest absolute Gasteiger partial charge is 0.252 e. The van der Waals surface area contributed by atoms with Crippen molar-refractivity contribution in [3.63, 3.8) is 0 Å². The fourth-order valence-electron chi connectivity index (χ4n) is 2.27. The molecule has 0 saturated heterocycles. The standard InChI is InChI=1S/C16H16N4O2/c1-10(2)20-14(22)8-3-11-9-17-16(19-15(11)20)18-12-4-6-13(21)7-5-12/h3-10,21H,1-2H3,(H,17,18,19). The molecular weight excluding hydrogens is 280 g/mol. The molecule has 0 atom stereocenters. The molecule has 0 bridgehead atoms. The molecule has 2 heterocycles. The first kappa shape index (κ1) is 14.1. The number of rotatable bonds is 3. The molecule has 0 spiro atoms. The zero-order valence-corrected chi connectivity index (χ0v) is 12.3. The maximum atomic E-state index is 12.0. The molecule has 3 rings (SSSR count). The van der Waals surface area contributed by atoms with Gasteiger partial charge in [0.1, 0.15) is 11.4 Å². The molecule has 6 heteroatoms. The van der Waals surface area contributed by atoms with Crippen molar-refractivity contribution in [3.05, 3.63) is 52.9 Å². The molecule has 6 nitrogen and oxygen atoms in total. The van der Waals surface area contributed by atoms with Crippen LogP contribution in [0, 0.1) is 0 Å². The lowest BCUT2D eigenvalue weighted by molar-refractivity contribution is 0.475. The third kappa shape index (κ3) is 2.63. The van der Waals surface area contributed by atoms with Gasteiger partial charge in [-0.3, -0.25) is 9.36 Å². The summed E-state index contributed by atoms with van der Waals surface area (Å²) in [5, 5.41) is 13.2. The number of aromatic hydroxyl groups is 1. The SMILES string of the molecule is CC(C)n1c(=O)ccc2cnc(Nc3ccc(O)cc3)nc21. The minimum absolute atomic E-state index is 0.00706. The van der Waals surface area contributed by atoms with E-state index in [1.165, 1.54) is 6.07 Å². The predicted molar refractivity (Wildman–Crippen MR) is 85.6 cm³/mol. The fraction of sp³-hybridized carbons (Fsp3) is 0.188. The van der Waals surface area contributed by atoms with E-state index in [1.54, 1.807) is 41.1 Å². The van der Waals surface area contributed by atoms with E-state index in [1.807, 2.05) is 13.8 Å². The highest BCUT2D eigenvalue weighted by Gasteiger charge is 2.09. The number of hydrogen-bond donors (Lipinski definition) is 2. The van der Waals surface area contributed by atoms with Crippen LogP contribution in [0.3, 0.4) is 0 Å². The highest BCUT2D eigenvalue weighted by molar-refractivity contribution is 5.75. The van der Waals surface area contributed by atoms with Crippen LogP contribution in [0.2, 0.25) is 0 Å². The number of phenols is 1. The topological polar surface area (TPSA) is 80.0 Å². The predicted octanol–water partition coefficient (Wildman–Crippen LogP) is 2.82. The number of anilines is 2. The van der Waals surface area contributed by atoms with Crippen molar-refractivity contribution in [2.45, 2.75) is 19.9 Å². The number of nitrogens with one attached hydrogen (secondary N) is 1. The lowest BCUT2D eigenvalue weighted by Crippen LogP contribution is -2.22. The highest BCUT2D eigenvalue weighted by Crippen LogP contribution is 2.19. The fourth-order valence-corrected chi connectivity index (χ4v) is 2.27. The van der Waals surface area contributed by atoms with Crippen molar-refractivity contribution in [3.8, 4) is 5.75 Å². The van der Waals surface area contributed by atoms with Crippen LogP contribution in [-0.2, 0) is 0 Å². The summed E-state index contributed by atoms with van der Waals surface area (Å²) in [6, 6.07) is 9.86. The van der Waals surface area contributed by atoms with E-state index >= 15 is 0 Å². The van der Waals surface area contributed by atoms with Gasteiger partial charge in [-0.15, -0.1) is 0 Å². The van der Waals surface area contributed by atoms with Gasteiger partial charge in [-0.05, 0) is 44.2 Å². The number of benzene rings is 1. The minimum atomic E-state index is -0.0863. The number of pyridine rings is 1. The first-order valence-electron chi connectivity index (χ1n) is 6.99. The molecule has 2 aromatic heterocycles. The Kier molecular flexibility index (Phi) is 3.50. The normalized spacial score (nSPS) is 11.0. The van der Waals surface area contributed by atoms with E-state index < -0.39 is 0 Å². The van der Waals surface area contributed by atoms with Crippen LogP contribution in [-0.4, -0.2) is 19.6 Å². The Morgan fingerprint density at radius 1 is 1.14 bits per heavy atom. The Labute approximate surface area is 127 Å². The van der Waals surface area contributed by atoms with E-state index in [-0.39, 0.29) is 17.4 Å². The molecule has 0 amide bonds. The Balaban J connectivity index is 2.06. The van der Waals surface area contributed by atoms with Crippen molar-refractivity contribution in [1.29, 1.82) is 0 Å². The Morgan fingerprint density at radius 3 is 2.55 bits per heavy atom. The van der Waals surface area contributed by atoms with Crippen LogP contribution in [0.4, 0.5) is 11.6 Å². The number of aromatic nitrogens is 3. The zero-order chi connectivity index (χ0) is 15.7. The van der Waals surface area contributed by atoms with Crippen molar-refractivity contribution < 1.29 is 5.11 Å². The molecule has 0 saturated carbocycles. The number of nitrogens with zero attached hydrogens (tertiary/aromatic N) is 3. The number of phenolic OH excluding ortho intramolecular Hbond substituents is 1. The molecule has 0 unspecified atom stereocenters. The van der Waals surface area contributed by atoms with E-state index in [2.05, 4.69) is 15.3 Å². The first-order valence-corrected chi connectivity index (χ1v) is 6.99. The third-order valence-electron chi connectivity index (χ3n) is 3.31. The van der Waals surface area contributed by atoms with Gasteiger partial charge < -0.3 is 10.4 Å². The summed E-state index contributed by atoms with van der Waals surface area (Å²) in [6.07, 6.45) is 1.68. The van der Waals surface area contributed by atoms with E-state index in [9.17, 15) is 9.90 Å². The van der Waals surface area contributed by atoms with Gasteiger partial charge in [-0.2, -0.15) is 4.98 Å². The van der Waals surface area contributed by atoms with E-state index in [0.29, 0.717) is 11.6 Å². The molecule has 22 heavy (non-hydrogen) atoms. The lowest BCUT2D eigenvalue weighted by Gasteiger charge is -2.13. The average Bonchev–Trinajstić information content (AvgIpc) is 2.49. The van der Waals surface area contributed by atoms with Gasteiger partial charge in [-0.25, -0.2) is 4.98 Å². The van der Waals surface area contributed by atoms with Crippen LogP contribution in [0.1, 0.15) is 19.9 Å². The van der Waals surface area contributed by atoms with Crippen LogP contribution < -0.4 is 10.9 Å². The summed E-state index contributed by atoms with van der Waals surface area (Å²) in [7, 11) is 0. The molecule has 0 aliphatic heterocycles. The van der Waals surface area contributed by atoms with Crippen molar-refractivity contribution in [2.75, 3.05) is 5.32 Å². The van der Waals surface area contributed by atoms with Crippen LogP contribution in [0.5, 0.6) is 5.75 Å². The lowest BCUT2D eigenvalue weighted by atomic mass is 10.3. The number of hydrogen-bond acceptors (Lipinski definition) is 5. The Hall–Kier alpha value is -2.89. The maximum Gasteiger partial charge on any atom is 0.252 e. The Morgan fingerprint density at radius 2 is 1.86 bits per heavy atom. The van der Waals surface area contributed by atoms with Crippen molar-refractivity contribution in [1.82, 2.24) is 14.5 Å². The average molecular weight is 296 g/mol. The summed E-state index contributed by atoms with van der Waals surface area (Å²) < 4.78 is 1.64. The van der Waals surface area contributed by atoms with E-state index in [0.717, 1.165) is 11.1 Å². The summed E-state index contributed by atoms with van der Waals surface area (Å²) >= 11 is 0. The summed E-state index contributed by atoms with van der Waals surface area (Å²) in [5.41, 5.74) is 1.27. The second-order valence-corrected chi connectivity index (χ2v) is 5.28. The van der Waals surface area contributed by atoms with Crippen molar-refractivity contribution >= 4 is 22.7 Å². The largest absolute Gasteiger partial charge is 0.508 e. The molecule has 0 fully saturated rings. The van der Waals surface area contributed by atoms with Gasteiger partial charge in [0.05, 0.1) is 0 Å². The van der Waals surface area contributed by atoms with Crippen LogP contribution in [0.15, 0.2) is 47.4 Å². The van der Waals surface area contributed by atoms with E-state index in [4.69, 9.17) is 0 Å². The molecule has 2 N–H and O–H groups in total. The zero-order valence-electron chi connectivity index (χ0n) is 12.3. The monoisotopic (exact) mass is 296 g/mol. The minimum Gasteiger partial charge on any atom is -0.508 e. The van der Waals surface area contributed by atoms with Crippen LogP contribution >= 0.6 is 0 Å². The summed E-state index contributed by atoms with van der Waals surface area (Å²) in [4.78, 5) is 20.7. The van der Waals surface area contributed by atoms with Gasteiger partial charge >= 0.3 is 0 Å². The molecule has 0 aliphatic carbocycles. The maximum absolute atomic E-state index is 12.0. The highest BCUT2D eigenvalue weighted by atomic mass is 16.3. The summed E-state index contributed by atoms with van der Waals surface area (Å²) in [6.45, 7) is 3.88.